The first-order chi connectivity index (χ1) is 12.8. The summed E-state index contributed by atoms with van der Waals surface area (Å²) in [5, 5.41) is 0. The van der Waals surface area contributed by atoms with Crippen LogP contribution in [-0.4, -0.2) is 72.4 Å². The molecule has 0 saturated carbocycles. The Hall–Kier alpha value is -2.28. The Morgan fingerprint density at radius 1 is 1.30 bits per heavy atom. The van der Waals surface area contributed by atoms with Crippen molar-refractivity contribution in [1.29, 1.82) is 0 Å². The molecule has 1 aromatic rings. The Balaban J connectivity index is 1.66. The molecule has 0 aliphatic carbocycles. The van der Waals surface area contributed by atoms with Gasteiger partial charge in [-0.1, -0.05) is 0 Å². The van der Waals surface area contributed by atoms with Crippen LogP contribution in [0, 0.1) is 0 Å². The predicted octanol–water partition coefficient (Wildman–Crippen LogP) is 1.56. The van der Waals surface area contributed by atoms with Crippen LogP contribution in [0.15, 0.2) is 12.1 Å². The van der Waals surface area contributed by atoms with E-state index in [-0.39, 0.29) is 24.0 Å². The van der Waals surface area contributed by atoms with E-state index < -0.39 is 0 Å². The summed E-state index contributed by atoms with van der Waals surface area (Å²) in [5.74, 6) is 0.825. The van der Waals surface area contributed by atoms with Crippen LogP contribution in [0.25, 0.3) is 0 Å². The number of fused-ring (bicyclic) bond motifs is 1. The highest BCUT2D eigenvalue weighted by Gasteiger charge is 2.36. The molecule has 1 fully saturated rings. The number of anilines is 1. The summed E-state index contributed by atoms with van der Waals surface area (Å²) in [6.07, 6.45) is 1.65. The molecule has 2 amide bonds. The predicted molar refractivity (Wildman–Crippen MR) is 105 cm³/mol. The van der Waals surface area contributed by atoms with Gasteiger partial charge < -0.3 is 25.2 Å². The Bertz CT molecular complexity index is 724. The van der Waals surface area contributed by atoms with Crippen molar-refractivity contribution in [2.45, 2.75) is 45.4 Å². The molecule has 1 aromatic carbocycles. The molecule has 2 N–H and O–H groups in total. The average molecular weight is 374 g/mol. The molecule has 0 bridgehead atoms. The first kappa shape index (κ1) is 19.5. The molecule has 1 saturated heterocycles. The fourth-order valence-electron chi connectivity index (χ4n) is 3.83. The summed E-state index contributed by atoms with van der Waals surface area (Å²) in [5.41, 5.74) is 8.22. The lowest BCUT2D eigenvalue weighted by Gasteiger charge is -2.37. The lowest BCUT2D eigenvalue weighted by molar-refractivity contribution is -0.133. The summed E-state index contributed by atoms with van der Waals surface area (Å²) < 4.78 is 5.76. The number of nitrogen functional groups attached to an aromatic ring is 1. The zero-order chi connectivity index (χ0) is 19.7. The monoisotopic (exact) mass is 374 g/mol. The van der Waals surface area contributed by atoms with Gasteiger partial charge in [0.25, 0.3) is 5.91 Å². The van der Waals surface area contributed by atoms with Crippen molar-refractivity contribution in [3.8, 4) is 5.75 Å². The second kappa shape index (κ2) is 7.76. The largest absolute Gasteiger partial charge is 0.489 e. The van der Waals surface area contributed by atoms with Gasteiger partial charge >= 0.3 is 0 Å². The summed E-state index contributed by atoms with van der Waals surface area (Å²) >= 11 is 0. The highest BCUT2D eigenvalue weighted by molar-refractivity contribution is 6.00. The maximum Gasteiger partial charge on any atom is 0.254 e. The minimum Gasteiger partial charge on any atom is -0.489 e. The van der Waals surface area contributed by atoms with E-state index in [9.17, 15) is 9.59 Å². The smallest absolute Gasteiger partial charge is 0.254 e. The van der Waals surface area contributed by atoms with Gasteiger partial charge in [0, 0.05) is 31.2 Å². The normalized spacial score (nSPS) is 17.8. The molecule has 0 unspecified atom stereocenters. The third-order valence-electron chi connectivity index (χ3n) is 5.14. The number of hydrogen-bond acceptors (Lipinski definition) is 5. The molecule has 0 atom stereocenters. The Labute approximate surface area is 161 Å². The van der Waals surface area contributed by atoms with Crippen LogP contribution in [0.3, 0.4) is 0 Å². The number of nitrogens with zero attached hydrogens (tertiary/aromatic N) is 3. The summed E-state index contributed by atoms with van der Waals surface area (Å²) in [6.45, 7) is 6.31. The Morgan fingerprint density at radius 3 is 2.56 bits per heavy atom. The van der Waals surface area contributed by atoms with Gasteiger partial charge in [0.15, 0.2) is 0 Å². The molecule has 3 rings (SSSR count). The number of benzene rings is 1. The van der Waals surface area contributed by atoms with Crippen LogP contribution in [0.4, 0.5) is 5.69 Å². The number of carbonyl (C=O) groups is 2. The van der Waals surface area contributed by atoms with E-state index in [1.807, 2.05) is 48.7 Å². The van der Waals surface area contributed by atoms with Gasteiger partial charge in [-0.15, -0.1) is 0 Å². The van der Waals surface area contributed by atoms with E-state index in [0.717, 1.165) is 18.4 Å². The number of carbonyl (C=O) groups excluding carboxylic acids is 2. The summed E-state index contributed by atoms with van der Waals surface area (Å²) in [6, 6.07) is 3.80. The number of ether oxygens (including phenoxy) is 1. The number of hydrogen-bond donors (Lipinski definition) is 1. The Morgan fingerprint density at radius 2 is 1.96 bits per heavy atom. The van der Waals surface area contributed by atoms with Crippen molar-refractivity contribution in [1.82, 2.24) is 14.7 Å². The summed E-state index contributed by atoms with van der Waals surface area (Å²) in [7, 11) is 3.79. The molecule has 7 heteroatoms. The zero-order valence-corrected chi connectivity index (χ0v) is 16.7. The molecule has 0 spiro atoms. The van der Waals surface area contributed by atoms with Crippen LogP contribution >= 0.6 is 0 Å². The highest BCUT2D eigenvalue weighted by Crippen LogP contribution is 2.34. The first-order valence-corrected chi connectivity index (χ1v) is 9.58. The van der Waals surface area contributed by atoms with Crippen molar-refractivity contribution < 1.29 is 14.3 Å². The number of likely N-dealkylation sites (N-methyl/N-ethyl adjacent to an activating group) is 1. The fourth-order valence-corrected chi connectivity index (χ4v) is 3.83. The molecule has 7 nitrogen and oxygen atoms in total. The number of amides is 2. The van der Waals surface area contributed by atoms with Crippen LogP contribution in [0.2, 0.25) is 0 Å². The standard InChI is InChI=1S/C20H30N4O3/c1-13(2)27-18-9-14-11-24(20(26)16(14)10-17(18)21)15-5-7-23(8-6-15)19(25)12-22(3)4/h9-10,13,15H,5-8,11-12,21H2,1-4H3. The van der Waals surface area contributed by atoms with Crippen LogP contribution in [0.5, 0.6) is 5.75 Å². The van der Waals surface area contributed by atoms with Crippen LogP contribution < -0.4 is 10.5 Å². The second-order valence-electron chi connectivity index (χ2n) is 8.00. The van der Waals surface area contributed by atoms with Crippen LogP contribution in [0.1, 0.15) is 42.6 Å². The van der Waals surface area contributed by atoms with Gasteiger partial charge in [-0.3, -0.25) is 9.59 Å². The SMILES string of the molecule is CC(C)Oc1cc2c(cc1N)C(=O)N(C1CCN(C(=O)CN(C)C)CC1)C2. The number of likely N-dealkylation sites (tertiary alicyclic amines) is 1. The van der Waals surface area contributed by atoms with Crippen molar-refractivity contribution in [3.05, 3.63) is 23.3 Å². The molecule has 0 radical (unpaired) electrons. The maximum atomic E-state index is 12.9. The van der Waals surface area contributed by atoms with Gasteiger partial charge in [-0.25, -0.2) is 0 Å². The molecule has 2 aliphatic heterocycles. The minimum absolute atomic E-state index is 0.0302. The van der Waals surface area contributed by atoms with E-state index in [4.69, 9.17) is 10.5 Å². The molecular formula is C20H30N4O3. The topological polar surface area (TPSA) is 79.1 Å². The van der Waals surface area contributed by atoms with E-state index >= 15 is 0 Å². The van der Waals surface area contributed by atoms with Crippen molar-refractivity contribution in [2.75, 3.05) is 39.5 Å². The number of nitrogens with two attached hydrogens (primary N) is 1. The van der Waals surface area contributed by atoms with Gasteiger partial charge in [0.2, 0.25) is 5.91 Å². The van der Waals surface area contributed by atoms with Crippen molar-refractivity contribution in [2.24, 2.45) is 0 Å². The van der Waals surface area contributed by atoms with E-state index in [0.29, 0.717) is 43.2 Å². The molecule has 0 aromatic heterocycles. The van der Waals surface area contributed by atoms with Crippen molar-refractivity contribution in [3.63, 3.8) is 0 Å². The third kappa shape index (κ3) is 4.18. The van der Waals surface area contributed by atoms with Gasteiger partial charge in [0.05, 0.1) is 18.3 Å². The van der Waals surface area contributed by atoms with Gasteiger partial charge in [-0.05, 0) is 58.5 Å². The maximum absolute atomic E-state index is 12.9. The van der Waals surface area contributed by atoms with Crippen molar-refractivity contribution >= 4 is 17.5 Å². The molecular weight excluding hydrogens is 344 g/mol. The summed E-state index contributed by atoms with van der Waals surface area (Å²) in [4.78, 5) is 30.8. The van der Waals surface area contributed by atoms with Gasteiger partial charge in [0.1, 0.15) is 5.75 Å². The lowest BCUT2D eigenvalue weighted by atomic mass is 10.0. The average Bonchev–Trinajstić information content (AvgIpc) is 2.90. The van der Waals surface area contributed by atoms with E-state index in [2.05, 4.69) is 0 Å². The van der Waals surface area contributed by atoms with Crippen LogP contribution in [-0.2, 0) is 11.3 Å². The van der Waals surface area contributed by atoms with Gasteiger partial charge in [-0.2, -0.15) is 0 Å². The molecule has 2 aliphatic rings. The van der Waals surface area contributed by atoms with E-state index in [1.54, 1.807) is 6.07 Å². The third-order valence-corrected chi connectivity index (χ3v) is 5.14. The quantitative estimate of drug-likeness (QED) is 0.792. The zero-order valence-electron chi connectivity index (χ0n) is 16.7. The Kier molecular flexibility index (Phi) is 5.60. The second-order valence-corrected chi connectivity index (χ2v) is 8.00. The molecule has 2 heterocycles. The first-order valence-electron chi connectivity index (χ1n) is 9.58. The molecule has 148 valence electrons. The number of piperidine rings is 1. The minimum atomic E-state index is 0.0302. The lowest BCUT2D eigenvalue weighted by Crippen LogP contribution is -2.48. The highest BCUT2D eigenvalue weighted by atomic mass is 16.5. The van der Waals surface area contributed by atoms with E-state index in [1.165, 1.54) is 0 Å². The number of rotatable bonds is 5. The fraction of sp³-hybridized carbons (Fsp3) is 0.600. The molecule has 27 heavy (non-hydrogen) atoms.